The van der Waals surface area contributed by atoms with Crippen molar-refractivity contribution in [3.8, 4) is 6.07 Å². The Morgan fingerprint density at radius 1 is 1.35 bits per heavy atom. The standard InChI is InChI=1S/C17H19N3/c1-19-17-8-4-7-15-11-20(12-16(15)17)10-14-6-3-2-5-13(14)9-18/h2-3,5-6,11-12,17,19H,4,7-8,10H2,1H3. The molecule has 1 aliphatic rings. The molecule has 0 saturated carbocycles. The first-order valence-electron chi connectivity index (χ1n) is 7.15. The van der Waals surface area contributed by atoms with E-state index in [4.69, 9.17) is 5.26 Å². The lowest BCUT2D eigenvalue weighted by atomic mass is 9.91. The average Bonchev–Trinajstić information content (AvgIpc) is 2.90. The molecule has 2 aromatic rings. The second-order valence-electron chi connectivity index (χ2n) is 5.41. The van der Waals surface area contributed by atoms with Crippen molar-refractivity contribution in [2.24, 2.45) is 0 Å². The third-order valence-corrected chi connectivity index (χ3v) is 4.15. The van der Waals surface area contributed by atoms with Crippen molar-refractivity contribution < 1.29 is 0 Å². The minimum atomic E-state index is 0.478. The minimum absolute atomic E-state index is 0.478. The predicted molar refractivity (Wildman–Crippen MR) is 79.4 cm³/mol. The van der Waals surface area contributed by atoms with E-state index in [1.807, 2.05) is 31.3 Å². The van der Waals surface area contributed by atoms with E-state index in [0.29, 0.717) is 6.04 Å². The van der Waals surface area contributed by atoms with Gasteiger partial charge in [-0.05, 0) is 49.1 Å². The number of aryl methyl sites for hydroxylation is 1. The summed E-state index contributed by atoms with van der Waals surface area (Å²) in [6, 6.07) is 10.6. The van der Waals surface area contributed by atoms with Crippen LogP contribution in [0.2, 0.25) is 0 Å². The van der Waals surface area contributed by atoms with Gasteiger partial charge in [0.1, 0.15) is 0 Å². The predicted octanol–water partition coefficient (Wildman–Crippen LogP) is 3.00. The fraction of sp³-hybridized carbons (Fsp3) is 0.353. The Bertz CT molecular complexity index is 648. The molecule has 1 atom stereocenters. The van der Waals surface area contributed by atoms with Gasteiger partial charge in [0.05, 0.1) is 11.6 Å². The molecule has 0 amide bonds. The number of hydrogen-bond acceptors (Lipinski definition) is 2. The molecule has 3 heteroatoms. The van der Waals surface area contributed by atoms with Crippen molar-refractivity contribution in [1.82, 2.24) is 9.88 Å². The highest BCUT2D eigenvalue weighted by Gasteiger charge is 2.20. The third kappa shape index (κ3) is 2.35. The number of fused-ring (bicyclic) bond motifs is 1. The van der Waals surface area contributed by atoms with Crippen LogP contribution in [0.4, 0.5) is 0 Å². The van der Waals surface area contributed by atoms with Gasteiger partial charge < -0.3 is 9.88 Å². The van der Waals surface area contributed by atoms with E-state index >= 15 is 0 Å². The van der Waals surface area contributed by atoms with Gasteiger partial charge in [-0.1, -0.05) is 18.2 Å². The minimum Gasteiger partial charge on any atom is -0.349 e. The highest BCUT2D eigenvalue weighted by Crippen LogP contribution is 2.30. The molecule has 0 spiro atoms. The van der Waals surface area contributed by atoms with Crippen LogP contribution in [0.25, 0.3) is 0 Å². The molecule has 3 nitrogen and oxygen atoms in total. The van der Waals surface area contributed by atoms with E-state index in [9.17, 15) is 0 Å². The quantitative estimate of drug-likeness (QED) is 0.926. The topological polar surface area (TPSA) is 40.8 Å². The summed E-state index contributed by atoms with van der Waals surface area (Å²) in [6.45, 7) is 0.771. The Hall–Kier alpha value is -2.05. The van der Waals surface area contributed by atoms with Crippen molar-refractivity contribution >= 4 is 0 Å². The molecule has 1 aromatic carbocycles. The number of nitriles is 1. The fourth-order valence-electron chi connectivity index (χ4n) is 3.10. The zero-order valence-electron chi connectivity index (χ0n) is 11.8. The van der Waals surface area contributed by atoms with Gasteiger partial charge in [-0.25, -0.2) is 0 Å². The number of benzene rings is 1. The first-order chi connectivity index (χ1) is 9.81. The van der Waals surface area contributed by atoms with E-state index in [-0.39, 0.29) is 0 Å². The number of hydrogen-bond donors (Lipinski definition) is 1. The van der Waals surface area contributed by atoms with Gasteiger partial charge in [-0.3, -0.25) is 0 Å². The van der Waals surface area contributed by atoms with Crippen LogP contribution < -0.4 is 5.32 Å². The smallest absolute Gasteiger partial charge is 0.0995 e. The van der Waals surface area contributed by atoms with Crippen LogP contribution in [0, 0.1) is 11.3 Å². The SMILES string of the molecule is CNC1CCCc2cn(Cc3ccccc3C#N)cc21. The van der Waals surface area contributed by atoms with Gasteiger partial charge in [0, 0.05) is 25.0 Å². The second-order valence-corrected chi connectivity index (χ2v) is 5.41. The summed E-state index contributed by atoms with van der Waals surface area (Å²) >= 11 is 0. The Morgan fingerprint density at radius 3 is 3.00 bits per heavy atom. The van der Waals surface area contributed by atoms with Gasteiger partial charge in [0.15, 0.2) is 0 Å². The van der Waals surface area contributed by atoms with Crippen LogP contribution in [-0.2, 0) is 13.0 Å². The number of nitrogens with zero attached hydrogens (tertiary/aromatic N) is 2. The Labute approximate surface area is 119 Å². The Balaban J connectivity index is 1.89. The molecule has 20 heavy (non-hydrogen) atoms. The first kappa shape index (κ1) is 13.0. The van der Waals surface area contributed by atoms with Gasteiger partial charge in [-0.15, -0.1) is 0 Å². The van der Waals surface area contributed by atoms with E-state index in [2.05, 4.69) is 28.3 Å². The van der Waals surface area contributed by atoms with Crippen molar-refractivity contribution in [3.05, 3.63) is 58.9 Å². The van der Waals surface area contributed by atoms with Crippen LogP contribution in [0.3, 0.4) is 0 Å². The van der Waals surface area contributed by atoms with Crippen molar-refractivity contribution in [2.45, 2.75) is 31.8 Å². The van der Waals surface area contributed by atoms with Crippen LogP contribution in [0.15, 0.2) is 36.7 Å². The molecule has 0 saturated heterocycles. The Kier molecular flexibility index (Phi) is 3.58. The Morgan fingerprint density at radius 2 is 2.20 bits per heavy atom. The van der Waals surface area contributed by atoms with E-state index < -0.39 is 0 Å². The number of rotatable bonds is 3. The number of nitrogens with one attached hydrogen (secondary N) is 1. The normalized spacial score (nSPS) is 17.5. The summed E-state index contributed by atoms with van der Waals surface area (Å²) in [6.07, 6.45) is 8.11. The summed E-state index contributed by atoms with van der Waals surface area (Å²) in [4.78, 5) is 0. The molecule has 1 unspecified atom stereocenters. The molecule has 0 radical (unpaired) electrons. The second kappa shape index (κ2) is 5.52. The van der Waals surface area contributed by atoms with E-state index in [1.165, 1.54) is 30.4 Å². The molecule has 0 aliphatic heterocycles. The van der Waals surface area contributed by atoms with Crippen LogP contribution in [0.5, 0.6) is 0 Å². The van der Waals surface area contributed by atoms with E-state index in [1.54, 1.807) is 0 Å². The molecule has 1 N–H and O–H groups in total. The lowest BCUT2D eigenvalue weighted by Gasteiger charge is -2.21. The maximum atomic E-state index is 9.17. The molecular formula is C17H19N3. The maximum Gasteiger partial charge on any atom is 0.0995 e. The summed E-state index contributed by atoms with van der Waals surface area (Å²) in [5, 5.41) is 12.6. The molecule has 1 aromatic heterocycles. The van der Waals surface area contributed by atoms with Crippen molar-refractivity contribution in [3.63, 3.8) is 0 Å². The molecule has 102 valence electrons. The maximum absolute atomic E-state index is 9.17. The average molecular weight is 265 g/mol. The molecule has 3 rings (SSSR count). The lowest BCUT2D eigenvalue weighted by molar-refractivity contribution is 0.498. The monoisotopic (exact) mass is 265 g/mol. The fourth-order valence-corrected chi connectivity index (χ4v) is 3.10. The third-order valence-electron chi connectivity index (χ3n) is 4.15. The zero-order valence-corrected chi connectivity index (χ0v) is 11.8. The van der Waals surface area contributed by atoms with E-state index in [0.717, 1.165) is 17.7 Å². The van der Waals surface area contributed by atoms with Gasteiger partial charge in [0.2, 0.25) is 0 Å². The summed E-state index contributed by atoms with van der Waals surface area (Å²) in [5.41, 5.74) is 4.73. The van der Waals surface area contributed by atoms with Gasteiger partial charge >= 0.3 is 0 Å². The van der Waals surface area contributed by atoms with Gasteiger partial charge in [-0.2, -0.15) is 5.26 Å². The molecule has 1 aliphatic carbocycles. The summed E-state index contributed by atoms with van der Waals surface area (Å²) in [5.74, 6) is 0. The molecule has 0 bridgehead atoms. The van der Waals surface area contributed by atoms with Crippen molar-refractivity contribution in [1.29, 1.82) is 5.26 Å². The molecular weight excluding hydrogens is 246 g/mol. The lowest BCUT2D eigenvalue weighted by Crippen LogP contribution is -2.20. The highest BCUT2D eigenvalue weighted by atomic mass is 15.0. The summed E-state index contributed by atoms with van der Waals surface area (Å²) in [7, 11) is 2.03. The number of aromatic nitrogens is 1. The van der Waals surface area contributed by atoms with Gasteiger partial charge in [0.25, 0.3) is 0 Å². The summed E-state index contributed by atoms with van der Waals surface area (Å²) < 4.78 is 2.22. The highest BCUT2D eigenvalue weighted by molar-refractivity contribution is 5.38. The van der Waals surface area contributed by atoms with Crippen LogP contribution in [0.1, 0.15) is 41.1 Å². The molecule has 0 fully saturated rings. The molecule has 1 heterocycles. The van der Waals surface area contributed by atoms with Crippen LogP contribution >= 0.6 is 0 Å². The first-order valence-corrected chi connectivity index (χ1v) is 7.15. The van der Waals surface area contributed by atoms with Crippen LogP contribution in [-0.4, -0.2) is 11.6 Å². The zero-order chi connectivity index (χ0) is 13.9. The largest absolute Gasteiger partial charge is 0.349 e. The van der Waals surface area contributed by atoms with Crippen molar-refractivity contribution in [2.75, 3.05) is 7.05 Å².